The number of hydrogen-bond acceptors (Lipinski definition) is 2. The topological polar surface area (TPSA) is 32.3 Å². The van der Waals surface area contributed by atoms with Gasteiger partial charge in [-0.15, -0.1) is 0 Å². The molecule has 0 saturated heterocycles. The predicted molar refractivity (Wildman–Crippen MR) is 115 cm³/mol. The Morgan fingerprint density at radius 2 is 1.93 bits per heavy atom. The van der Waals surface area contributed by atoms with Gasteiger partial charge in [-0.3, -0.25) is 4.79 Å². The number of nitrogens with zero attached hydrogens (tertiary/aromatic N) is 1. The van der Waals surface area contributed by atoms with Crippen molar-refractivity contribution < 1.29 is 4.79 Å². The van der Waals surface area contributed by atoms with Crippen molar-refractivity contribution in [3.05, 3.63) is 36.1 Å². The summed E-state index contributed by atoms with van der Waals surface area (Å²) in [7, 11) is 0. The standard InChI is InChI=1S/C24H40N2O/c1-18(2)22-13-12-19(3)20(4)17-23(22)24(27)25-14-16-26-15-10-8-6-7-9-11-21(26)5/h6-8,10-11,18-20,22-23H,9,12-17H2,1-5H3,(H,25,27). The van der Waals surface area contributed by atoms with Crippen molar-refractivity contribution in [2.24, 2.45) is 29.6 Å². The van der Waals surface area contributed by atoms with E-state index in [4.69, 9.17) is 0 Å². The maximum Gasteiger partial charge on any atom is 0.223 e. The summed E-state index contributed by atoms with van der Waals surface area (Å²) in [6.07, 6.45) is 15.3. The van der Waals surface area contributed by atoms with E-state index in [1.54, 1.807) is 0 Å². The molecule has 0 aromatic rings. The zero-order valence-corrected chi connectivity index (χ0v) is 18.1. The molecule has 3 heteroatoms. The quantitative estimate of drug-likeness (QED) is 0.675. The summed E-state index contributed by atoms with van der Waals surface area (Å²) < 4.78 is 0. The molecule has 4 unspecified atom stereocenters. The summed E-state index contributed by atoms with van der Waals surface area (Å²) in [4.78, 5) is 15.4. The van der Waals surface area contributed by atoms with Crippen LogP contribution in [0.15, 0.2) is 36.1 Å². The van der Waals surface area contributed by atoms with Gasteiger partial charge in [0.15, 0.2) is 0 Å². The summed E-state index contributed by atoms with van der Waals surface area (Å²) in [5, 5.41) is 3.27. The van der Waals surface area contributed by atoms with Crippen molar-refractivity contribution >= 4 is 5.91 Å². The zero-order valence-electron chi connectivity index (χ0n) is 18.1. The Hall–Kier alpha value is -1.51. The van der Waals surface area contributed by atoms with Gasteiger partial charge >= 0.3 is 0 Å². The molecule has 1 N–H and O–H groups in total. The minimum absolute atomic E-state index is 0.168. The summed E-state index contributed by atoms with van der Waals surface area (Å²) in [6, 6.07) is 0. The number of nitrogens with one attached hydrogen (secondary N) is 1. The van der Waals surface area contributed by atoms with Gasteiger partial charge in [-0.1, -0.05) is 64.5 Å². The molecule has 152 valence electrons. The van der Waals surface area contributed by atoms with Crippen molar-refractivity contribution in [2.75, 3.05) is 19.6 Å². The third-order valence-corrected chi connectivity index (χ3v) is 6.70. The average molecular weight is 373 g/mol. The minimum Gasteiger partial charge on any atom is -0.370 e. The molecule has 3 nitrogen and oxygen atoms in total. The third kappa shape index (κ3) is 6.55. The highest BCUT2D eigenvalue weighted by molar-refractivity contribution is 5.79. The summed E-state index contributed by atoms with van der Waals surface area (Å²) in [5.41, 5.74) is 1.29. The number of carbonyl (C=O) groups excluding carboxylic acids is 1. The van der Waals surface area contributed by atoms with E-state index in [1.807, 2.05) is 0 Å². The minimum atomic E-state index is 0.168. The van der Waals surface area contributed by atoms with Crippen molar-refractivity contribution in [3.63, 3.8) is 0 Å². The maximum absolute atomic E-state index is 13.1. The number of rotatable bonds is 5. The van der Waals surface area contributed by atoms with E-state index in [9.17, 15) is 4.79 Å². The lowest BCUT2D eigenvalue weighted by Gasteiger charge is -2.29. The molecule has 2 rings (SSSR count). The Balaban J connectivity index is 1.93. The SMILES string of the molecule is CC1=CCC=CC=CCN1CCNC(=O)C1CC(C)C(C)CCC1C(C)C. The molecule has 0 aromatic carbocycles. The average Bonchev–Trinajstić information content (AvgIpc) is 2.70. The first-order valence-corrected chi connectivity index (χ1v) is 10.9. The lowest BCUT2D eigenvalue weighted by atomic mass is 9.78. The molecule has 1 heterocycles. The van der Waals surface area contributed by atoms with Crippen molar-refractivity contribution in [1.29, 1.82) is 0 Å². The highest BCUT2D eigenvalue weighted by Gasteiger charge is 2.35. The van der Waals surface area contributed by atoms with E-state index in [0.717, 1.165) is 38.4 Å². The molecule has 1 aliphatic heterocycles. The predicted octanol–water partition coefficient (Wildman–Crippen LogP) is 5.17. The maximum atomic E-state index is 13.1. The molecule has 1 fully saturated rings. The summed E-state index contributed by atoms with van der Waals surface area (Å²) in [6.45, 7) is 13.9. The highest BCUT2D eigenvalue weighted by atomic mass is 16.1. The Kier molecular flexibility index (Phi) is 8.66. The van der Waals surface area contributed by atoms with Crippen LogP contribution in [0, 0.1) is 29.6 Å². The van der Waals surface area contributed by atoms with Gasteiger partial charge in [-0.25, -0.2) is 0 Å². The van der Waals surface area contributed by atoms with Gasteiger partial charge in [0.1, 0.15) is 0 Å². The monoisotopic (exact) mass is 372 g/mol. The van der Waals surface area contributed by atoms with Gasteiger partial charge in [0.05, 0.1) is 0 Å². The first kappa shape index (κ1) is 21.8. The van der Waals surface area contributed by atoms with Gasteiger partial charge in [0.2, 0.25) is 5.91 Å². The lowest BCUT2D eigenvalue weighted by Crippen LogP contribution is -2.40. The van der Waals surface area contributed by atoms with Crippen LogP contribution < -0.4 is 5.32 Å². The third-order valence-electron chi connectivity index (χ3n) is 6.70. The Labute approximate surface area is 167 Å². The molecule has 0 radical (unpaired) electrons. The van der Waals surface area contributed by atoms with Gasteiger partial charge in [-0.05, 0) is 49.9 Å². The normalized spacial score (nSPS) is 29.6. The van der Waals surface area contributed by atoms with Crippen LogP contribution in [0.1, 0.15) is 60.3 Å². The fourth-order valence-electron chi connectivity index (χ4n) is 4.50. The smallest absolute Gasteiger partial charge is 0.223 e. The molecular formula is C24H40N2O. The second-order valence-corrected chi connectivity index (χ2v) is 8.96. The van der Waals surface area contributed by atoms with Crippen molar-refractivity contribution in [1.82, 2.24) is 10.2 Å². The van der Waals surface area contributed by atoms with Gasteiger partial charge in [0.25, 0.3) is 0 Å². The number of carbonyl (C=O) groups is 1. The first-order valence-electron chi connectivity index (χ1n) is 10.9. The van der Waals surface area contributed by atoms with Gasteiger partial charge < -0.3 is 10.2 Å². The number of hydrogen-bond donors (Lipinski definition) is 1. The van der Waals surface area contributed by atoms with Crippen LogP contribution in [-0.4, -0.2) is 30.4 Å². The number of amides is 1. The second kappa shape index (κ2) is 10.7. The fraction of sp³-hybridized carbons (Fsp3) is 0.708. The molecular weight excluding hydrogens is 332 g/mol. The van der Waals surface area contributed by atoms with E-state index >= 15 is 0 Å². The van der Waals surface area contributed by atoms with E-state index in [1.165, 1.54) is 18.5 Å². The van der Waals surface area contributed by atoms with E-state index < -0.39 is 0 Å². The Morgan fingerprint density at radius 3 is 2.67 bits per heavy atom. The molecule has 1 saturated carbocycles. The molecule has 0 spiro atoms. The molecule has 1 aliphatic carbocycles. The summed E-state index contributed by atoms with van der Waals surface area (Å²) in [5.74, 6) is 2.88. The molecule has 2 aliphatic rings. The van der Waals surface area contributed by atoms with Crippen LogP contribution in [-0.2, 0) is 4.79 Å². The molecule has 27 heavy (non-hydrogen) atoms. The van der Waals surface area contributed by atoms with Crippen LogP contribution in [0.3, 0.4) is 0 Å². The van der Waals surface area contributed by atoms with Crippen LogP contribution in [0.2, 0.25) is 0 Å². The van der Waals surface area contributed by atoms with Crippen LogP contribution in [0.4, 0.5) is 0 Å². The molecule has 0 bridgehead atoms. The van der Waals surface area contributed by atoms with Gasteiger partial charge in [-0.2, -0.15) is 0 Å². The Morgan fingerprint density at radius 1 is 1.19 bits per heavy atom. The zero-order chi connectivity index (χ0) is 19.8. The van der Waals surface area contributed by atoms with Crippen LogP contribution in [0.25, 0.3) is 0 Å². The highest BCUT2D eigenvalue weighted by Crippen LogP contribution is 2.39. The van der Waals surface area contributed by atoms with E-state index in [2.05, 4.69) is 75.2 Å². The van der Waals surface area contributed by atoms with Gasteiger partial charge in [0, 0.05) is 31.2 Å². The molecule has 0 aromatic heterocycles. The second-order valence-electron chi connectivity index (χ2n) is 8.96. The Bertz CT molecular complexity index is 561. The van der Waals surface area contributed by atoms with Crippen molar-refractivity contribution in [3.8, 4) is 0 Å². The van der Waals surface area contributed by atoms with Crippen LogP contribution in [0.5, 0.6) is 0 Å². The molecule has 1 amide bonds. The first-order chi connectivity index (χ1) is 12.9. The largest absolute Gasteiger partial charge is 0.370 e. The fourth-order valence-corrected chi connectivity index (χ4v) is 4.50. The molecule has 4 atom stereocenters. The summed E-state index contributed by atoms with van der Waals surface area (Å²) >= 11 is 0. The lowest BCUT2D eigenvalue weighted by molar-refractivity contribution is -0.127. The van der Waals surface area contributed by atoms with Crippen LogP contribution >= 0.6 is 0 Å². The van der Waals surface area contributed by atoms with E-state index in [0.29, 0.717) is 17.8 Å². The van der Waals surface area contributed by atoms with E-state index in [-0.39, 0.29) is 11.8 Å². The van der Waals surface area contributed by atoms with Crippen molar-refractivity contribution in [2.45, 2.75) is 60.3 Å². The number of allylic oxidation sites excluding steroid dienone is 5.